The molecule has 0 amide bonds. The molecule has 4 heteroatoms. The van der Waals surface area contributed by atoms with Gasteiger partial charge in [-0.05, 0) is 43.5 Å². The van der Waals surface area contributed by atoms with Gasteiger partial charge in [-0.15, -0.1) is 0 Å². The van der Waals surface area contributed by atoms with Gasteiger partial charge >= 0.3 is 0 Å². The van der Waals surface area contributed by atoms with E-state index >= 15 is 0 Å². The van der Waals surface area contributed by atoms with Crippen molar-refractivity contribution in [3.8, 4) is 11.5 Å². The Morgan fingerprint density at radius 3 is 2.46 bits per heavy atom. The molecule has 0 spiro atoms. The second-order valence-electron chi connectivity index (χ2n) is 6.13. The monoisotopic (exact) mass is 329 g/mol. The molecule has 4 nitrogen and oxygen atoms in total. The van der Waals surface area contributed by atoms with Gasteiger partial charge in [0.15, 0.2) is 11.5 Å². The van der Waals surface area contributed by atoms with Crippen molar-refractivity contribution >= 4 is 0 Å². The molecule has 0 aromatic heterocycles. The van der Waals surface area contributed by atoms with Gasteiger partial charge in [-0.2, -0.15) is 0 Å². The van der Waals surface area contributed by atoms with Gasteiger partial charge in [0.05, 0.1) is 20.3 Å². The van der Waals surface area contributed by atoms with E-state index in [1.807, 2.05) is 49.4 Å². The normalized spacial score (nSPS) is 13.4. The SMILES string of the molecule is COc1ccc(C[C@@H](C)NC[C@H](O)c2cccc(C)c2)cc1OC. The van der Waals surface area contributed by atoms with Crippen molar-refractivity contribution in [1.82, 2.24) is 5.32 Å². The molecule has 0 saturated carbocycles. The van der Waals surface area contributed by atoms with Crippen molar-refractivity contribution in [3.05, 3.63) is 59.2 Å². The quantitative estimate of drug-likeness (QED) is 0.780. The Bertz CT molecular complexity index is 657. The molecule has 2 aromatic rings. The fraction of sp³-hybridized carbons (Fsp3) is 0.400. The maximum atomic E-state index is 10.3. The van der Waals surface area contributed by atoms with Crippen LogP contribution in [-0.2, 0) is 6.42 Å². The number of methoxy groups -OCH3 is 2. The van der Waals surface area contributed by atoms with Gasteiger partial charge in [-0.1, -0.05) is 35.9 Å². The lowest BCUT2D eigenvalue weighted by Crippen LogP contribution is -2.32. The van der Waals surface area contributed by atoms with E-state index in [0.717, 1.165) is 34.6 Å². The Balaban J connectivity index is 1.90. The Kier molecular flexibility index (Phi) is 6.64. The Hall–Kier alpha value is -2.04. The van der Waals surface area contributed by atoms with Gasteiger partial charge in [0.25, 0.3) is 0 Å². The molecule has 0 aliphatic heterocycles. The highest BCUT2D eigenvalue weighted by atomic mass is 16.5. The smallest absolute Gasteiger partial charge is 0.160 e. The van der Waals surface area contributed by atoms with Crippen LogP contribution in [0.25, 0.3) is 0 Å². The van der Waals surface area contributed by atoms with Crippen molar-refractivity contribution in [2.45, 2.75) is 32.4 Å². The maximum Gasteiger partial charge on any atom is 0.160 e. The first-order chi connectivity index (χ1) is 11.5. The average Bonchev–Trinajstić information content (AvgIpc) is 2.59. The molecular weight excluding hydrogens is 302 g/mol. The molecule has 2 aromatic carbocycles. The minimum absolute atomic E-state index is 0.238. The number of hydrogen-bond donors (Lipinski definition) is 2. The average molecular weight is 329 g/mol. The number of hydrogen-bond acceptors (Lipinski definition) is 4. The summed E-state index contributed by atoms with van der Waals surface area (Å²) in [6, 6.07) is 14.2. The zero-order valence-corrected chi connectivity index (χ0v) is 14.9. The van der Waals surface area contributed by atoms with E-state index in [2.05, 4.69) is 12.2 Å². The van der Waals surface area contributed by atoms with Gasteiger partial charge in [-0.3, -0.25) is 0 Å². The fourth-order valence-electron chi connectivity index (χ4n) is 2.74. The van der Waals surface area contributed by atoms with Gasteiger partial charge < -0.3 is 19.9 Å². The zero-order chi connectivity index (χ0) is 17.5. The van der Waals surface area contributed by atoms with Gasteiger partial charge in [0, 0.05) is 12.6 Å². The molecule has 2 atom stereocenters. The first-order valence-corrected chi connectivity index (χ1v) is 8.22. The number of nitrogens with one attached hydrogen (secondary N) is 1. The predicted octanol–water partition coefficient (Wildman–Crippen LogP) is 3.27. The van der Waals surface area contributed by atoms with Crippen LogP contribution >= 0.6 is 0 Å². The molecule has 0 aliphatic rings. The third-order valence-corrected chi connectivity index (χ3v) is 4.08. The number of benzene rings is 2. The molecule has 0 saturated heterocycles. The van der Waals surface area contributed by atoms with E-state index in [1.165, 1.54) is 0 Å². The largest absolute Gasteiger partial charge is 0.493 e. The number of aryl methyl sites for hydroxylation is 1. The molecule has 0 radical (unpaired) electrons. The van der Waals surface area contributed by atoms with E-state index in [4.69, 9.17) is 9.47 Å². The fourth-order valence-corrected chi connectivity index (χ4v) is 2.74. The standard InChI is InChI=1S/C20H27NO3/c1-14-6-5-7-17(10-14)18(22)13-21-15(2)11-16-8-9-19(23-3)20(12-16)24-4/h5-10,12,15,18,21-22H,11,13H2,1-4H3/t15-,18+/m1/s1. The predicted molar refractivity (Wildman–Crippen MR) is 96.9 cm³/mol. The lowest BCUT2D eigenvalue weighted by Gasteiger charge is -2.18. The van der Waals surface area contributed by atoms with Crippen LogP contribution < -0.4 is 14.8 Å². The van der Waals surface area contributed by atoms with Crippen LogP contribution in [-0.4, -0.2) is 31.9 Å². The summed E-state index contributed by atoms with van der Waals surface area (Å²) in [5, 5.41) is 13.7. The molecule has 0 bridgehead atoms. The number of aliphatic hydroxyl groups excluding tert-OH is 1. The van der Waals surface area contributed by atoms with Crippen LogP contribution in [0.3, 0.4) is 0 Å². The summed E-state index contributed by atoms with van der Waals surface area (Å²) in [6.45, 7) is 4.67. The molecule has 0 heterocycles. The highest BCUT2D eigenvalue weighted by Gasteiger charge is 2.11. The topological polar surface area (TPSA) is 50.7 Å². The van der Waals surface area contributed by atoms with Crippen molar-refractivity contribution < 1.29 is 14.6 Å². The van der Waals surface area contributed by atoms with Crippen LogP contribution in [0.15, 0.2) is 42.5 Å². The highest BCUT2D eigenvalue weighted by molar-refractivity contribution is 5.43. The molecular formula is C20H27NO3. The Morgan fingerprint density at radius 2 is 1.79 bits per heavy atom. The lowest BCUT2D eigenvalue weighted by atomic mass is 10.0. The minimum atomic E-state index is -0.502. The van der Waals surface area contributed by atoms with E-state index in [0.29, 0.717) is 6.54 Å². The zero-order valence-electron chi connectivity index (χ0n) is 14.9. The van der Waals surface area contributed by atoms with E-state index < -0.39 is 6.10 Å². The molecule has 0 fully saturated rings. The number of aliphatic hydroxyl groups is 1. The van der Waals surface area contributed by atoms with Crippen LogP contribution in [0.5, 0.6) is 11.5 Å². The first-order valence-electron chi connectivity index (χ1n) is 8.22. The summed E-state index contributed by atoms with van der Waals surface area (Å²) in [6.07, 6.45) is 0.346. The summed E-state index contributed by atoms with van der Waals surface area (Å²) in [5.74, 6) is 1.47. The molecule has 0 aliphatic carbocycles. The third kappa shape index (κ3) is 4.98. The van der Waals surface area contributed by atoms with E-state index in [-0.39, 0.29) is 6.04 Å². The highest BCUT2D eigenvalue weighted by Crippen LogP contribution is 2.28. The third-order valence-electron chi connectivity index (χ3n) is 4.08. The second-order valence-corrected chi connectivity index (χ2v) is 6.13. The van der Waals surface area contributed by atoms with E-state index in [9.17, 15) is 5.11 Å². The van der Waals surface area contributed by atoms with Gasteiger partial charge in [0.1, 0.15) is 0 Å². The first kappa shape index (κ1) is 18.3. The van der Waals surface area contributed by atoms with Crippen LogP contribution in [0.2, 0.25) is 0 Å². The molecule has 2 rings (SSSR count). The summed E-state index contributed by atoms with van der Waals surface area (Å²) in [7, 11) is 3.27. The van der Waals surface area contributed by atoms with Gasteiger partial charge in [-0.25, -0.2) is 0 Å². The number of rotatable bonds is 8. The molecule has 24 heavy (non-hydrogen) atoms. The van der Waals surface area contributed by atoms with Crippen LogP contribution in [0.4, 0.5) is 0 Å². The summed E-state index contributed by atoms with van der Waals surface area (Å²) in [4.78, 5) is 0. The molecule has 0 unspecified atom stereocenters. The summed E-state index contributed by atoms with van der Waals surface area (Å²) >= 11 is 0. The molecule has 2 N–H and O–H groups in total. The van der Waals surface area contributed by atoms with Crippen molar-refractivity contribution in [3.63, 3.8) is 0 Å². The molecule has 130 valence electrons. The minimum Gasteiger partial charge on any atom is -0.493 e. The Morgan fingerprint density at radius 1 is 1.04 bits per heavy atom. The maximum absolute atomic E-state index is 10.3. The van der Waals surface area contributed by atoms with Crippen molar-refractivity contribution in [2.75, 3.05) is 20.8 Å². The van der Waals surface area contributed by atoms with Crippen molar-refractivity contribution in [2.24, 2.45) is 0 Å². The van der Waals surface area contributed by atoms with Crippen molar-refractivity contribution in [1.29, 1.82) is 0 Å². The summed E-state index contributed by atoms with van der Waals surface area (Å²) < 4.78 is 10.6. The van der Waals surface area contributed by atoms with Gasteiger partial charge in [0.2, 0.25) is 0 Å². The summed E-state index contributed by atoms with van der Waals surface area (Å²) in [5.41, 5.74) is 3.27. The lowest BCUT2D eigenvalue weighted by molar-refractivity contribution is 0.170. The van der Waals surface area contributed by atoms with E-state index in [1.54, 1.807) is 14.2 Å². The Labute approximate surface area is 144 Å². The van der Waals surface area contributed by atoms with Crippen LogP contribution in [0, 0.1) is 6.92 Å². The second kappa shape index (κ2) is 8.71. The van der Waals surface area contributed by atoms with Crippen LogP contribution in [0.1, 0.15) is 29.7 Å². The number of ether oxygens (including phenoxy) is 2.